The van der Waals surface area contributed by atoms with Crippen molar-refractivity contribution < 1.29 is 19.0 Å². The Balaban J connectivity index is 1.54. The van der Waals surface area contributed by atoms with Crippen LogP contribution in [-0.2, 0) is 4.74 Å². The normalized spacial score (nSPS) is 11.7. The first-order valence-corrected chi connectivity index (χ1v) is 11.3. The number of unbranched alkanes of at least 4 members (excludes halogenated alkanes) is 3. The van der Waals surface area contributed by atoms with Crippen LogP contribution in [0.1, 0.15) is 61.6 Å². The fourth-order valence-corrected chi connectivity index (χ4v) is 3.37. The summed E-state index contributed by atoms with van der Waals surface area (Å²) in [4.78, 5) is 12.5. The minimum Gasteiger partial charge on any atom is -0.494 e. The van der Waals surface area contributed by atoms with Crippen molar-refractivity contribution in [2.45, 2.75) is 45.6 Å². The van der Waals surface area contributed by atoms with Crippen LogP contribution in [-0.4, -0.2) is 19.7 Å². The highest BCUT2D eigenvalue weighted by molar-refractivity contribution is 5.91. The summed E-state index contributed by atoms with van der Waals surface area (Å²) in [6, 6.07) is 22.9. The van der Waals surface area contributed by atoms with Crippen LogP contribution in [0.25, 0.3) is 11.1 Å². The maximum absolute atomic E-state index is 12.5. The molecule has 0 amide bonds. The smallest absolute Gasteiger partial charge is 0.343 e. The quantitative estimate of drug-likeness (QED) is 0.182. The summed E-state index contributed by atoms with van der Waals surface area (Å²) in [6.45, 7) is 4.91. The van der Waals surface area contributed by atoms with Crippen molar-refractivity contribution >= 4 is 5.97 Å². The fraction of sp³-hybridized carbons (Fsp3) is 0.321. The highest BCUT2D eigenvalue weighted by atomic mass is 16.5. The Morgan fingerprint density at radius 2 is 1.38 bits per heavy atom. The molecule has 1 atom stereocenters. The number of hydrogen-bond donors (Lipinski definition) is 0. The average molecular weight is 433 g/mol. The average Bonchev–Trinajstić information content (AvgIpc) is 2.84. The van der Waals surface area contributed by atoms with Gasteiger partial charge in [-0.15, -0.1) is 0 Å². The van der Waals surface area contributed by atoms with Crippen LogP contribution >= 0.6 is 0 Å². The SMILES string of the molecule is CCCCCCOc1ccc(C(=O)Oc2ccc(-c3ccc(C(C)OC)cc3)cc2)cc1. The van der Waals surface area contributed by atoms with Gasteiger partial charge in [-0.25, -0.2) is 4.79 Å². The molecule has 3 aromatic rings. The minimum absolute atomic E-state index is 0.0669. The van der Waals surface area contributed by atoms with E-state index >= 15 is 0 Å². The third-order valence-electron chi connectivity index (χ3n) is 5.49. The number of hydrogen-bond acceptors (Lipinski definition) is 4. The predicted octanol–water partition coefficient (Wildman–Crippen LogP) is 7.24. The zero-order chi connectivity index (χ0) is 22.8. The van der Waals surface area contributed by atoms with E-state index in [4.69, 9.17) is 14.2 Å². The summed E-state index contributed by atoms with van der Waals surface area (Å²) in [5.74, 6) is 0.901. The van der Waals surface area contributed by atoms with Crippen molar-refractivity contribution in [1.82, 2.24) is 0 Å². The molecule has 0 aliphatic carbocycles. The van der Waals surface area contributed by atoms with E-state index in [1.54, 1.807) is 19.2 Å². The molecule has 4 nitrogen and oxygen atoms in total. The molecule has 1 unspecified atom stereocenters. The number of benzene rings is 3. The Morgan fingerprint density at radius 1 is 0.781 bits per heavy atom. The van der Waals surface area contributed by atoms with Crippen molar-refractivity contribution in [2.75, 3.05) is 13.7 Å². The van der Waals surface area contributed by atoms with Crippen molar-refractivity contribution in [1.29, 1.82) is 0 Å². The maximum atomic E-state index is 12.5. The van der Waals surface area contributed by atoms with Gasteiger partial charge in [-0.3, -0.25) is 0 Å². The van der Waals surface area contributed by atoms with E-state index in [0.29, 0.717) is 17.9 Å². The first kappa shape index (κ1) is 23.6. The Kier molecular flexibility index (Phi) is 8.88. The Labute approximate surface area is 191 Å². The van der Waals surface area contributed by atoms with Crippen LogP contribution < -0.4 is 9.47 Å². The van der Waals surface area contributed by atoms with E-state index in [-0.39, 0.29) is 12.1 Å². The van der Waals surface area contributed by atoms with Crippen LogP contribution in [0.5, 0.6) is 11.5 Å². The Bertz CT molecular complexity index is 960. The van der Waals surface area contributed by atoms with E-state index in [0.717, 1.165) is 28.9 Å². The molecule has 0 aromatic heterocycles. The van der Waals surface area contributed by atoms with Gasteiger partial charge < -0.3 is 14.2 Å². The second kappa shape index (κ2) is 12.1. The third-order valence-corrected chi connectivity index (χ3v) is 5.49. The van der Waals surface area contributed by atoms with Gasteiger partial charge in [0, 0.05) is 7.11 Å². The molecule has 0 aliphatic heterocycles. The second-order valence-corrected chi connectivity index (χ2v) is 7.85. The Morgan fingerprint density at radius 3 is 1.97 bits per heavy atom. The molecule has 0 saturated heterocycles. The van der Waals surface area contributed by atoms with Crippen LogP contribution in [0.4, 0.5) is 0 Å². The Hall–Kier alpha value is -3.11. The van der Waals surface area contributed by atoms with Gasteiger partial charge in [-0.1, -0.05) is 62.6 Å². The second-order valence-electron chi connectivity index (χ2n) is 7.85. The van der Waals surface area contributed by atoms with Crippen LogP contribution in [0.3, 0.4) is 0 Å². The largest absolute Gasteiger partial charge is 0.494 e. The number of rotatable bonds is 11. The standard InChI is InChI=1S/C28H32O4/c1-4-5-6-7-20-31-26-16-14-25(15-17-26)28(29)32-27-18-12-24(13-19-27)23-10-8-22(9-11-23)21(2)30-3/h8-19,21H,4-7,20H2,1-3H3. The van der Waals surface area contributed by atoms with Gasteiger partial charge in [0.05, 0.1) is 18.3 Å². The van der Waals surface area contributed by atoms with Gasteiger partial charge >= 0.3 is 5.97 Å². The van der Waals surface area contributed by atoms with Crippen molar-refractivity contribution in [3.8, 4) is 22.6 Å². The molecule has 0 saturated carbocycles. The summed E-state index contributed by atoms with van der Waals surface area (Å²) < 4.78 is 16.6. The molecule has 3 aromatic carbocycles. The van der Waals surface area contributed by atoms with Gasteiger partial charge in [-0.05, 0) is 66.4 Å². The number of esters is 1. The summed E-state index contributed by atoms with van der Waals surface area (Å²) in [7, 11) is 1.70. The number of methoxy groups -OCH3 is 1. The predicted molar refractivity (Wildman–Crippen MR) is 128 cm³/mol. The lowest BCUT2D eigenvalue weighted by Gasteiger charge is -2.11. The highest BCUT2D eigenvalue weighted by Gasteiger charge is 2.10. The molecule has 0 heterocycles. The van der Waals surface area contributed by atoms with E-state index in [2.05, 4.69) is 31.2 Å². The van der Waals surface area contributed by atoms with Crippen LogP contribution in [0.15, 0.2) is 72.8 Å². The lowest BCUT2D eigenvalue weighted by Crippen LogP contribution is -2.08. The zero-order valence-electron chi connectivity index (χ0n) is 19.2. The fourth-order valence-electron chi connectivity index (χ4n) is 3.37. The maximum Gasteiger partial charge on any atom is 0.343 e. The summed E-state index contributed by atoms with van der Waals surface area (Å²) in [5, 5.41) is 0. The first-order valence-electron chi connectivity index (χ1n) is 11.3. The summed E-state index contributed by atoms with van der Waals surface area (Å²) >= 11 is 0. The third kappa shape index (κ3) is 6.69. The lowest BCUT2D eigenvalue weighted by molar-refractivity contribution is 0.0734. The topological polar surface area (TPSA) is 44.8 Å². The van der Waals surface area contributed by atoms with Crippen LogP contribution in [0, 0.1) is 0 Å². The molecular weight excluding hydrogens is 400 g/mol. The highest BCUT2D eigenvalue weighted by Crippen LogP contribution is 2.25. The van der Waals surface area contributed by atoms with Gasteiger partial charge in [0.2, 0.25) is 0 Å². The van der Waals surface area contributed by atoms with Gasteiger partial charge in [0.15, 0.2) is 0 Å². The molecule has 0 radical (unpaired) electrons. The molecule has 168 valence electrons. The van der Waals surface area contributed by atoms with Crippen molar-refractivity contribution in [2.24, 2.45) is 0 Å². The van der Waals surface area contributed by atoms with Crippen molar-refractivity contribution in [3.05, 3.63) is 83.9 Å². The van der Waals surface area contributed by atoms with Gasteiger partial charge in [0.1, 0.15) is 11.5 Å². The van der Waals surface area contributed by atoms with E-state index in [1.165, 1.54) is 19.3 Å². The van der Waals surface area contributed by atoms with E-state index in [1.807, 2.05) is 43.3 Å². The van der Waals surface area contributed by atoms with Crippen LogP contribution in [0.2, 0.25) is 0 Å². The van der Waals surface area contributed by atoms with Gasteiger partial charge in [-0.2, -0.15) is 0 Å². The van der Waals surface area contributed by atoms with E-state index < -0.39 is 0 Å². The van der Waals surface area contributed by atoms with Gasteiger partial charge in [0.25, 0.3) is 0 Å². The first-order chi connectivity index (χ1) is 15.6. The lowest BCUT2D eigenvalue weighted by atomic mass is 10.0. The molecule has 0 fully saturated rings. The van der Waals surface area contributed by atoms with E-state index in [9.17, 15) is 4.79 Å². The monoisotopic (exact) mass is 432 g/mol. The number of carbonyl (C=O) groups is 1. The molecule has 0 bridgehead atoms. The molecule has 0 N–H and O–H groups in total. The number of ether oxygens (including phenoxy) is 3. The molecular formula is C28H32O4. The minimum atomic E-state index is -0.384. The number of carbonyl (C=O) groups excluding carboxylic acids is 1. The van der Waals surface area contributed by atoms with Crippen molar-refractivity contribution in [3.63, 3.8) is 0 Å². The summed E-state index contributed by atoms with van der Waals surface area (Å²) in [5.41, 5.74) is 3.78. The zero-order valence-corrected chi connectivity index (χ0v) is 19.2. The molecule has 0 aliphatic rings. The molecule has 3 rings (SSSR count). The molecule has 0 spiro atoms. The molecule has 4 heteroatoms. The summed E-state index contributed by atoms with van der Waals surface area (Å²) in [6.07, 6.45) is 4.73. The molecule has 32 heavy (non-hydrogen) atoms.